The SMILES string of the molecule is C/C(CC[C@@H]1CCc2ccccc2C1)=N/NC(N)=O. The highest BCUT2D eigenvalue weighted by molar-refractivity contribution is 5.83. The quantitative estimate of drug-likeness (QED) is 0.633. The van der Waals surface area contributed by atoms with E-state index in [0.29, 0.717) is 5.92 Å². The molecule has 0 saturated carbocycles. The summed E-state index contributed by atoms with van der Waals surface area (Å²) in [4.78, 5) is 10.6. The first kappa shape index (κ1) is 13.6. The van der Waals surface area contributed by atoms with Crippen LogP contribution in [0.5, 0.6) is 0 Å². The molecule has 19 heavy (non-hydrogen) atoms. The number of carbonyl (C=O) groups excluding carboxylic acids is 1. The molecule has 0 heterocycles. The van der Waals surface area contributed by atoms with Gasteiger partial charge in [-0.2, -0.15) is 5.10 Å². The summed E-state index contributed by atoms with van der Waals surface area (Å²) in [6, 6.07) is 8.09. The molecule has 1 aromatic rings. The van der Waals surface area contributed by atoms with Gasteiger partial charge in [0.05, 0.1) is 0 Å². The number of hydrogen-bond acceptors (Lipinski definition) is 2. The van der Waals surface area contributed by atoms with Crippen molar-refractivity contribution in [2.24, 2.45) is 16.8 Å². The lowest BCUT2D eigenvalue weighted by Crippen LogP contribution is -2.25. The van der Waals surface area contributed by atoms with Crippen LogP contribution in [0.2, 0.25) is 0 Å². The molecule has 1 aliphatic carbocycles. The third kappa shape index (κ3) is 4.09. The zero-order chi connectivity index (χ0) is 13.7. The number of nitrogens with zero attached hydrogens (tertiary/aromatic N) is 1. The predicted molar refractivity (Wildman–Crippen MR) is 77.0 cm³/mol. The average Bonchev–Trinajstić information content (AvgIpc) is 2.42. The number of hydrazone groups is 1. The molecule has 0 spiro atoms. The first-order valence-corrected chi connectivity index (χ1v) is 6.80. The van der Waals surface area contributed by atoms with Crippen LogP contribution in [0, 0.1) is 5.92 Å². The predicted octanol–water partition coefficient (Wildman–Crippen LogP) is 2.62. The molecule has 0 aliphatic heterocycles. The van der Waals surface area contributed by atoms with Crippen molar-refractivity contribution in [3.8, 4) is 0 Å². The number of fused-ring (bicyclic) bond motifs is 1. The first-order chi connectivity index (χ1) is 9.15. The fraction of sp³-hybridized carbons (Fsp3) is 0.467. The van der Waals surface area contributed by atoms with Crippen LogP contribution in [0.1, 0.15) is 37.3 Å². The fourth-order valence-electron chi connectivity index (χ4n) is 2.64. The third-order valence-corrected chi connectivity index (χ3v) is 3.72. The maximum Gasteiger partial charge on any atom is 0.332 e. The van der Waals surface area contributed by atoms with Crippen LogP contribution in [-0.4, -0.2) is 11.7 Å². The number of urea groups is 1. The smallest absolute Gasteiger partial charge is 0.332 e. The Morgan fingerprint density at radius 2 is 2.16 bits per heavy atom. The van der Waals surface area contributed by atoms with Gasteiger partial charge >= 0.3 is 6.03 Å². The van der Waals surface area contributed by atoms with Gasteiger partial charge in [-0.05, 0) is 56.1 Å². The molecule has 4 nitrogen and oxygen atoms in total. The van der Waals surface area contributed by atoms with Gasteiger partial charge in [-0.25, -0.2) is 10.2 Å². The molecule has 0 fully saturated rings. The molecule has 0 bridgehead atoms. The van der Waals surface area contributed by atoms with Crippen LogP contribution in [0.25, 0.3) is 0 Å². The zero-order valence-corrected chi connectivity index (χ0v) is 11.4. The second-order valence-electron chi connectivity index (χ2n) is 5.24. The van der Waals surface area contributed by atoms with Crippen molar-refractivity contribution in [3.63, 3.8) is 0 Å². The van der Waals surface area contributed by atoms with E-state index in [0.717, 1.165) is 25.0 Å². The third-order valence-electron chi connectivity index (χ3n) is 3.72. The number of carbonyl (C=O) groups is 1. The van der Waals surface area contributed by atoms with Gasteiger partial charge in [0.2, 0.25) is 0 Å². The minimum Gasteiger partial charge on any atom is -0.350 e. The molecule has 1 atom stereocenters. The number of nitrogens with two attached hydrogens (primary N) is 1. The summed E-state index contributed by atoms with van der Waals surface area (Å²) in [5, 5.41) is 3.94. The summed E-state index contributed by atoms with van der Waals surface area (Å²) in [7, 11) is 0. The number of aryl methyl sites for hydroxylation is 1. The van der Waals surface area contributed by atoms with Crippen LogP contribution < -0.4 is 11.2 Å². The van der Waals surface area contributed by atoms with E-state index < -0.39 is 6.03 Å². The van der Waals surface area contributed by atoms with Crippen molar-refractivity contribution < 1.29 is 4.79 Å². The standard InChI is InChI=1S/C15H21N3O/c1-11(17-18-15(16)19)6-7-12-8-9-13-4-2-3-5-14(13)10-12/h2-5,12H,6-10H2,1H3,(H3,16,18,19)/b17-11-/t12-/m1/s1. The normalized spacial score (nSPS) is 18.8. The molecule has 3 N–H and O–H groups in total. The Labute approximate surface area is 114 Å². The second kappa shape index (κ2) is 6.36. The van der Waals surface area contributed by atoms with E-state index in [-0.39, 0.29) is 0 Å². The highest BCUT2D eigenvalue weighted by atomic mass is 16.2. The van der Waals surface area contributed by atoms with Crippen molar-refractivity contribution in [1.82, 2.24) is 5.43 Å². The van der Waals surface area contributed by atoms with Crippen molar-refractivity contribution in [2.45, 2.75) is 39.0 Å². The number of benzene rings is 1. The lowest BCUT2D eigenvalue weighted by Gasteiger charge is -2.24. The fourth-order valence-corrected chi connectivity index (χ4v) is 2.64. The number of hydrogen-bond donors (Lipinski definition) is 2. The van der Waals surface area contributed by atoms with Gasteiger partial charge in [0.1, 0.15) is 0 Å². The van der Waals surface area contributed by atoms with Gasteiger partial charge in [0, 0.05) is 5.71 Å². The largest absolute Gasteiger partial charge is 0.350 e. The maximum absolute atomic E-state index is 10.6. The summed E-state index contributed by atoms with van der Waals surface area (Å²) >= 11 is 0. The van der Waals surface area contributed by atoms with Gasteiger partial charge in [-0.1, -0.05) is 24.3 Å². The molecule has 2 amide bonds. The van der Waals surface area contributed by atoms with Crippen LogP contribution >= 0.6 is 0 Å². The number of primary amides is 1. The minimum absolute atomic E-state index is 0.606. The average molecular weight is 259 g/mol. The Balaban J connectivity index is 1.82. The summed E-state index contributed by atoms with van der Waals surface area (Å²) in [5.41, 5.74) is 11.2. The van der Waals surface area contributed by atoms with Gasteiger partial charge in [0.15, 0.2) is 0 Å². The van der Waals surface area contributed by atoms with Crippen molar-refractivity contribution in [3.05, 3.63) is 35.4 Å². The lowest BCUT2D eigenvalue weighted by atomic mass is 9.81. The zero-order valence-electron chi connectivity index (χ0n) is 11.4. The van der Waals surface area contributed by atoms with Crippen LogP contribution in [0.4, 0.5) is 4.79 Å². The summed E-state index contributed by atoms with van der Waals surface area (Å²) < 4.78 is 0. The van der Waals surface area contributed by atoms with Crippen LogP contribution in [0.3, 0.4) is 0 Å². The van der Waals surface area contributed by atoms with E-state index in [2.05, 4.69) is 34.8 Å². The summed E-state index contributed by atoms with van der Waals surface area (Å²) in [6.45, 7) is 1.92. The molecule has 102 valence electrons. The Morgan fingerprint density at radius 3 is 2.89 bits per heavy atom. The lowest BCUT2D eigenvalue weighted by molar-refractivity contribution is 0.249. The van der Waals surface area contributed by atoms with Crippen molar-refractivity contribution >= 4 is 11.7 Å². The van der Waals surface area contributed by atoms with Gasteiger partial charge in [0.25, 0.3) is 0 Å². The van der Waals surface area contributed by atoms with Gasteiger partial charge < -0.3 is 5.73 Å². The highest BCUT2D eigenvalue weighted by Gasteiger charge is 2.17. The first-order valence-electron chi connectivity index (χ1n) is 6.80. The molecule has 0 aromatic heterocycles. The molecule has 1 aliphatic rings. The Hall–Kier alpha value is -1.84. The van der Waals surface area contributed by atoms with E-state index in [4.69, 9.17) is 5.73 Å². The Kier molecular flexibility index (Phi) is 4.55. The van der Waals surface area contributed by atoms with Gasteiger partial charge in [-0.15, -0.1) is 0 Å². The van der Waals surface area contributed by atoms with E-state index >= 15 is 0 Å². The van der Waals surface area contributed by atoms with E-state index in [1.54, 1.807) is 0 Å². The molecule has 4 heteroatoms. The minimum atomic E-state index is -0.606. The molecular weight excluding hydrogens is 238 g/mol. The number of nitrogens with one attached hydrogen (secondary N) is 1. The molecule has 1 aromatic carbocycles. The Morgan fingerprint density at radius 1 is 1.42 bits per heavy atom. The Bertz CT molecular complexity index is 482. The van der Waals surface area contributed by atoms with Crippen LogP contribution in [-0.2, 0) is 12.8 Å². The summed E-state index contributed by atoms with van der Waals surface area (Å²) in [5.74, 6) is 0.716. The molecule has 2 rings (SSSR count). The monoisotopic (exact) mass is 259 g/mol. The van der Waals surface area contributed by atoms with Crippen molar-refractivity contribution in [1.29, 1.82) is 0 Å². The summed E-state index contributed by atoms with van der Waals surface area (Å²) in [6.07, 6.45) is 5.61. The van der Waals surface area contributed by atoms with Gasteiger partial charge in [-0.3, -0.25) is 0 Å². The van der Waals surface area contributed by atoms with Crippen LogP contribution in [0.15, 0.2) is 29.4 Å². The van der Waals surface area contributed by atoms with Crippen molar-refractivity contribution in [2.75, 3.05) is 0 Å². The molecule has 0 unspecified atom stereocenters. The van der Waals surface area contributed by atoms with E-state index in [1.807, 2.05) is 6.92 Å². The van der Waals surface area contributed by atoms with E-state index in [9.17, 15) is 4.79 Å². The molecule has 0 saturated heterocycles. The topological polar surface area (TPSA) is 67.5 Å². The number of amides is 2. The highest BCUT2D eigenvalue weighted by Crippen LogP contribution is 2.28. The molecule has 0 radical (unpaired) electrons. The second-order valence-corrected chi connectivity index (χ2v) is 5.24. The molecular formula is C15H21N3O. The van der Waals surface area contributed by atoms with E-state index in [1.165, 1.54) is 24.0 Å². The maximum atomic E-state index is 10.6. The number of rotatable bonds is 4.